The van der Waals surface area contributed by atoms with Gasteiger partial charge in [0.1, 0.15) is 11.5 Å². The predicted molar refractivity (Wildman–Crippen MR) is 72.5 cm³/mol. The van der Waals surface area contributed by atoms with Crippen LogP contribution in [0.4, 0.5) is 5.82 Å². The summed E-state index contributed by atoms with van der Waals surface area (Å²) in [6.07, 6.45) is 1.50. The van der Waals surface area contributed by atoms with Crippen molar-refractivity contribution in [3.8, 4) is 0 Å². The number of Topliss-reactive ketones (excluding diaryl/α,β-unsaturated/α-hetero) is 1. The maximum atomic E-state index is 12.3. The first-order valence-electron chi connectivity index (χ1n) is 6.45. The first-order valence-corrected chi connectivity index (χ1v) is 6.45. The van der Waals surface area contributed by atoms with E-state index < -0.39 is 23.3 Å². The average molecular weight is 290 g/mol. The van der Waals surface area contributed by atoms with Crippen LogP contribution in [0.5, 0.6) is 0 Å². The van der Waals surface area contributed by atoms with Gasteiger partial charge in [-0.1, -0.05) is 0 Å². The highest BCUT2D eigenvalue weighted by atomic mass is 16.6. The number of nitrogens with one attached hydrogen (secondary N) is 1. The highest BCUT2D eigenvalue weighted by Crippen LogP contribution is 2.28. The number of nitrogens with zero attached hydrogens (tertiary/aromatic N) is 1. The number of ketones is 1. The van der Waals surface area contributed by atoms with Crippen molar-refractivity contribution in [2.45, 2.75) is 13.8 Å². The molecule has 0 saturated heterocycles. The first kappa shape index (κ1) is 14.7. The van der Waals surface area contributed by atoms with Gasteiger partial charge in [-0.15, -0.1) is 0 Å². The smallest absolute Gasteiger partial charge is 0.347 e. The molecule has 1 aromatic rings. The Hall–Kier alpha value is -2.70. The fraction of sp³-hybridized carbons (Fsp3) is 0.286. The van der Waals surface area contributed by atoms with Crippen LogP contribution in [-0.2, 0) is 19.1 Å². The molecular weight excluding hydrogens is 276 g/mol. The minimum Gasteiger partial charge on any atom is -0.462 e. The van der Waals surface area contributed by atoms with E-state index in [9.17, 15) is 14.4 Å². The summed E-state index contributed by atoms with van der Waals surface area (Å²) >= 11 is 0. The highest BCUT2D eigenvalue weighted by Gasteiger charge is 2.35. The second-order valence-corrected chi connectivity index (χ2v) is 4.04. The van der Waals surface area contributed by atoms with Crippen molar-refractivity contribution in [3.05, 3.63) is 35.2 Å². The molecule has 0 fully saturated rings. The number of aromatic nitrogens is 1. The zero-order valence-electron chi connectivity index (χ0n) is 11.6. The van der Waals surface area contributed by atoms with Gasteiger partial charge in [0, 0.05) is 6.20 Å². The molecule has 7 heteroatoms. The zero-order valence-corrected chi connectivity index (χ0v) is 11.6. The molecule has 7 nitrogen and oxygen atoms in total. The second-order valence-electron chi connectivity index (χ2n) is 4.04. The first-order chi connectivity index (χ1) is 10.1. The molecule has 0 unspecified atom stereocenters. The van der Waals surface area contributed by atoms with Crippen molar-refractivity contribution >= 4 is 23.5 Å². The molecule has 1 aliphatic rings. The molecule has 2 heterocycles. The van der Waals surface area contributed by atoms with Gasteiger partial charge in [0.25, 0.3) is 0 Å². The summed E-state index contributed by atoms with van der Waals surface area (Å²) in [6, 6.07) is 3.15. The van der Waals surface area contributed by atoms with E-state index in [1.807, 2.05) is 0 Å². The molecule has 21 heavy (non-hydrogen) atoms. The van der Waals surface area contributed by atoms with Gasteiger partial charge in [-0.25, -0.2) is 14.6 Å². The van der Waals surface area contributed by atoms with Gasteiger partial charge in [0.2, 0.25) is 5.78 Å². The maximum absolute atomic E-state index is 12.3. The molecule has 1 aromatic heterocycles. The monoisotopic (exact) mass is 290 g/mol. The Kier molecular flexibility index (Phi) is 4.32. The number of allylic oxidation sites excluding steroid dienone is 1. The third-order valence-electron chi connectivity index (χ3n) is 2.73. The van der Waals surface area contributed by atoms with E-state index >= 15 is 0 Å². The minimum atomic E-state index is -0.903. The molecule has 0 radical (unpaired) electrons. The lowest BCUT2D eigenvalue weighted by Crippen LogP contribution is -2.23. The molecule has 110 valence electrons. The number of rotatable bonds is 4. The van der Waals surface area contributed by atoms with Crippen molar-refractivity contribution in [1.82, 2.24) is 4.98 Å². The van der Waals surface area contributed by atoms with E-state index in [4.69, 9.17) is 9.47 Å². The molecule has 1 N–H and O–H groups in total. The van der Waals surface area contributed by atoms with Crippen molar-refractivity contribution in [3.63, 3.8) is 0 Å². The lowest BCUT2D eigenvalue weighted by atomic mass is 10.1. The topological polar surface area (TPSA) is 94.6 Å². The van der Waals surface area contributed by atoms with Crippen LogP contribution in [0.3, 0.4) is 0 Å². The maximum Gasteiger partial charge on any atom is 0.347 e. The number of hydrogen-bond acceptors (Lipinski definition) is 7. The summed E-state index contributed by atoms with van der Waals surface area (Å²) in [4.78, 5) is 40.2. The highest BCUT2D eigenvalue weighted by molar-refractivity contribution is 6.27. The van der Waals surface area contributed by atoms with Crippen LogP contribution in [0.1, 0.15) is 24.2 Å². The lowest BCUT2D eigenvalue weighted by Gasteiger charge is -2.09. The molecule has 0 aromatic carbocycles. The Morgan fingerprint density at radius 2 is 1.81 bits per heavy atom. The van der Waals surface area contributed by atoms with Crippen LogP contribution in [0, 0.1) is 0 Å². The van der Waals surface area contributed by atoms with E-state index in [-0.39, 0.29) is 18.9 Å². The van der Waals surface area contributed by atoms with Gasteiger partial charge >= 0.3 is 11.9 Å². The molecular formula is C14H14N2O5. The Morgan fingerprint density at radius 1 is 1.19 bits per heavy atom. The number of pyridine rings is 1. The summed E-state index contributed by atoms with van der Waals surface area (Å²) in [7, 11) is 0. The average Bonchev–Trinajstić information content (AvgIpc) is 2.78. The summed E-state index contributed by atoms with van der Waals surface area (Å²) in [5.74, 6) is -2.00. The van der Waals surface area contributed by atoms with Gasteiger partial charge in [-0.3, -0.25) is 4.79 Å². The van der Waals surface area contributed by atoms with Gasteiger partial charge in [-0.2, -0.15) is 0 Å². The number of esters is 2. The van der Waals surface area contributed by atoms with Gasteiger partial charge < -0.3 is 14.8 Å². The van der Waals surface area contributed by atoms with Crippen LogP contribution in [-0.4, -0.2) is 35.9 Å². The molecule has 0 aliphatic carbocycles. The summed E-state index contributed by atoms with van der Waals surface area (Å²) in [5.41, 5.74) is -0.319. The van der Waals surface area contributed by atoms with E-state index in [1.165, 1.54) is 6.20 Å². The second kappa shape index (κ2) is 6.17. The largest absolute Gasteiger partial charge is 0.462 e. The quantitative estimate of drug-likeness (QED) is 0.383. The standard InChI is InChI=1S/C14H14N2O5/c1-3-20-13(18)9(14(19)21-4-2)10-11(17)8-6-5-7-15-12(8)16-10/h5-7H,3-4H2,1-2H3,(H,15,16). The van der Waals surface area contributed by atoms with E-state index in [0.29, 0.717) is 11.4 Å². The Bertz CT molecular complexity index is 616. The predicted octanol–water partition coefficient (Wildman–Crippen LogP) is 1.07. The number of carbonyl (C=O) groups is 3. The molecule has 0 spiro atoms. The third-order valence-corrected chi connectivity index (χ3v) is 2.73. The normalized spacial score (nSPS) is 12.5. The van der Waals surface area contributed by atoms with Crippen molar-refractivity contribution in [2.75, 3.05) is 18.5 Å². The number of ether oxygens (including phenoxy) is 2. The van der Waals surface area contributed by atoms with Crippen LogP contribution < -0.4 is 5.32 Å². The van der Waals surface area contributed by atoms with Crippen molar-refractivity contribution in [1.29, 1.82) is 0 Å². The molecule has 1 aliphatic heterocycles. The minimum absolute atomic E-state index is 0.0778. The number of hydrogen-bond donors (Lipinski definition) is 1. The van der Waals surface area contributed by atoms with E-state index in [2.05, 4.69) is 10.3 Å². The molecule has 0 bridgehead atoms. The summed E-state index contributed by atoms with van der Waals surface area (Å²) in [5, 5.41) is 2.68. The van der Waals surface area contributed by atoms with Crippen molar-refractivity contribution < 1.29 is 23.9 Å². The molecule has 0 saturated carbocycles. The van der Waals surface area contributed by atoms with E-state index in [0.717, 1.165) is 0 Å². The van der Waals surface area contributed by atoms with Crippen LogP contribution >= 0.6 is 0 Å². The van der Waals surface area contributed by atoms with Gasteiger partial charge in [-0.05, 0) is 26.0 Å². The third kappa shape index (κ3) is 2.76. The van der Waals surface area contributed by atoms with Crippen molar-refractivity contribution in [2.24, 2.45) is 0 Å². The van der Waals surface area contributed by atoms with Crippen LogP contribution in [0.2, 0.25) is 0 Å². The van der Waals surface area contributed by atoms with Crippen LogP contribution in [0.25, 0.3) is 0 Å². The summed E-state index contributed by atoms with van der Waals surface area (Å²) in [6.45, 7) is 3.36. The van der Waals surface area contributed by atoms with Gasteiger partial charge in [0.05, 0.1) is 18.8 Å². The van der Waals surface area contributed by atoms with E-state index in [1.54, 1.807) is 26.0 Å². The number of fused-ring (bicyclic) bond motifs is 1. The SMILES string of the molecule is CCOC(=O)C(C(=O)OCC)=C1Nc2ncccc2C1=O. The number of anilines is 1. The fourth-order valence-corrected chi connectivity index (χ4v) is 1.87. The zero-order chi connectivity index (χ0) is 15.4. The van der Waals surface area contributed by atoms with Crippen LogP contribution in [0.15, 0.2) is 29.6 Å². The molecule has 2 rings (SSSR count). The Balaban J connectivity index is 2.48. The lowest BCUT2D eigenvalue weighted by molar-refractivity contribution is -0.146. The fourth-order valence-electron chi connectivity index (χ4n) is 1.87. The Labute approximate surface area is 121 Å². The Morgan fingerprint density at radius 3 is 2.33 bits per heavy atom. The molecule has 0 atom stereocenters. The number of carbonyl (C=O) groups excluding carboxylic acids is 3. The molecule has 0 amide bonds. The summed E-state index contributed by atoms with van der Waals surface area (Å²) < 4.78 is 9.64. The van der Waals surface area contributed by atoms with Gasteiger partial charge in [0.15, 0.2) is 5.57 Å².